The van der Waals surface area contributed by atoms with Crippen molar-refractivity contribution in [3.63, 3.8) is 0 Å². The highest BCUT2D eigenvalue weighted by molar-refractivity contribution is 14.0. The fraction of sp³-hybridized carbons (Fsp3) is 0.364. The van der Waals surface area contributed by atoms with Gasteiger partial charge in [0.25, 0.3) is 0 Å². The Bertz CT molecular complexity index is 943. The summed E-state index contributed by atoms with van der Waals surface area (Å²) in [6, 6.07) is 10.8. The number of ether oxygens (including phenoxy) is 2. The first kappa shape index (κ1) is 25.6. The van der Waals surface area contributed by atoms with E-state index in [1.54, 1.807) is 14.1 Å². The van der Waals surface area contributed by atoms with Gasteiger partial charge < -0.3 is 25.0 Å². The van der Waals surface area contributed by atoms with E-state index in [0.29, 0.717) is 19.1 Å². The Hall–Kier alpha value is -2.63. The van der Waals surface area contributed by atoms with E-state index in [-0.39, 0.29) is 54.8 Å². The molecule has 32 heavy (non-hydrogen) atoms. The summed E-state index contributed by atoms with van der Waals surface area (Å²) in [6.07, 6.45) is 0.733. The number of hydrogen-bond donors (Lipinski definition) is 2. The number of hydrogen-bond acceptors (Lipinski definition) is 4. The van der Waals surface area contributed by atoms with Crippen LogP contribution >= 0.6 is 24.0 Å². The second-order valence-electron chi connectivity index (χ2n) is 7.17. The molecule has 2 aromatic rings. The van der Waals surface area contributed by atoms with Gasteiger partial charge in [0.15, 0.2) is 17.5 Å². The Morgan fingerprint density at radius 1 is 1.25 bits per heavy atom. The van der Waals surface area contributed by atoms with Crippen LogP contribution in [-0.4, -0.2) is 57.2 Å². The number of likely N-dealkylation sites (N-methyl/N-ethyl adjacent to an activating group) is 1. The van der Waals surface area contributed by atoms with E-state index in [1.807, 2.05) is 24.3 Å². The molecular formula is C22H27F2IN4O3. The standard InChI is InChI=1S/C22H26F2N4O3.HI/c1-28(2)21(29)14-26-22(25-10-12-31-20-8-7-15(23)13-17(20)24)27-18-9-11-30-19-6-4-3-5-16(18)19;/h3-8,13,18H,9-12,14H2,1-2H3,(H2,25,26,27);1H. The number of carbonyl (C=O) groups excluding carboxylic acids is 1. The molecule has 1 atom stereocenters. The Labute approximate surface area is 203 Å². The summed E-state index contributed by atoms with van der Waals surface area (Å²) in [4.78, 5) is 17.8. The summed E-state index contributed by atoms with van der Waals surface area (Å²) in [5.74, 6) is -0.356. The predicted molar refractivity (Wildman–Crippen MR) is 129 cm³/mol. The van der Waals surface area contributed by atoms with Crippen LogP contribution in [0.4, 0.5) is 8.78 Å². The summed E-state index contributed by atoms with van der Waals surface area (Å²) in [5.41, 5.74) is 1.01. The number of carbonyl (C=O) groups is 1. The van der Waals surface area contributed by atoms with Gasteiger partial charge in [-0.25, -0.2) is 13.8 Å². The number of guanidine groups is 1. The summed E-state index contributed by atoms with van der Waals surface area (Å²) < 4.78 is 37.8. The smallest absolute Gasteiger partial charge is 0.243 e. The number of aliphatic imine (C=N–C) groups is 1. The number of halogens is 3. The van der Waals surface area contributed by atoms with Crippen molar-refractivity contribution in [2.75, 3.05) is 40.4 Å². The highest BCUT2D eigenvalue weighted by Gasteiger charge is 2.22. The van der Waals surface area contributed by atoms with E-state index in [0.717, 1.165) is 29.9 Å². The Morgan fingerprint density at radius 2 is 2.03 bits per heavy atom. The van der Waals surface area contributed by atoms with Crippen LogP contribution in [0.25, 0.3) is 0 Å². The molecule has 1 unspecified atom stereocenters. The first-order valence-electron chi connectivity index (χ1n) is 9.98. The number of rotatable bonds is 7. The van der Waals surface area contributed by atoms with Gasteiger partial charge in [0.2, 0.25) is 5.91 Å². The van der Waals surface area contributed by atoms with Crippen LogP contribution in [0.5, 0.6) is 11.5 Å². The van der Waals surface area contributed by atoms with Crippen molar-refractivity contribution in [2.45, 2.75) is 12.5 Å². The second kappa shape index (κ2) is 12.4. The van der Waals surface area contributed by atoms with Gasteiger partial charge in [-0.15, -0.1) is 24.0 Å². The molecule has 1 amide bonds. The van der Waals surface area contributed by atoms with E-state index >= 15 is 0 Å². The number of benzene rings is 2. The number of amides is 1. The maximum absolute atomic E-state index is 13.7. The topological polar surface area (TPSA) is 75.2 Å². The molecule has 1 heterocycles. The third kappa shape index (κ3) is 7.21. The van der Waals surface area contributed by atoms with E-state index < -0.39 is 11.6 Å². The third-order valence-electron chi connectivity index (χ3n) is 4.69. The van der Waals surface area contributed by atoms with Gasteiger partial charge in [0.05, 0.1) is 19.2 Å². The van der Waals surface area contributed by atoms with Gasteiger partial charge in [-0.3, -0.25) is 4.79 Å². The first-order valence-corrected chi connectivity index (χ1v) is 9.98. The molecule has 2 aromatic carbocycles. The van der Waals surface area contributed by atoms with Gasteiger partial charge in [-0.2, -0.15) is 0 Å². The van der Waals surface area contributed by atoms with Crippen molar-refractivity contribution in [3.8, 4) is 11.5 Å². The number of fused-ring (bicyclic) bond motifs is 1. The average Bonchev–Trinajstić information content (AvgIpc) is 2.75. The monoisotopic (exact) mass is 560 g/mol. The zero-order valence-corrected chi connectivity index (χ0v) is 20.3. The zero-order chi connectivity index (χ0) is 22.2. The lowest BCUT2D eigenvalue weighted by molar-refractivity contribution is -0.127. The van der Waals surface area contributed by atoms with Crippen LogP contribution in [0.1, 0.15) is 18.0 Å². The maximum Gasteiger partial charge on any atom is 0.243 e. The highest BCUT2D eigenvalue weighted by Crippen LogP contribution is 2.31. The van der Waals surface area contributed by atoms with Crippen LogP contribution in [0.2, 0.25) is 0 Å². The first-order chi connectivity index (χ1) is 14.9. The highest BCUT2D eigenvalue weighted by atomic mass is 127. The minimum Gasteiger partial charge on any atom is -0.493 e. The van der Waals surface area contributed by atoms with Crippen LogP contribution < -0.4 is 20.1 Å². The molecule has 0 aromatic heterocycles. The van der Waals surface area contributed by atoms with Gasteiger partial charge in [-0.05, 0) is 18.2 Å². The minimum atomic E-state index is -0.762. The van der Waals surface area contributed by atoms with Gasteiger partial charge in [-0.1, -0.05) is 18.2 Å². The van der Waals surface area contributed by atoms with Crippen molar-refractivity contribution in [3.05, 3.63) is 59.7 Å². The molecule has 174 valence electrons. The molecular weight excluding hydrogens is 533 g/mol. The molecule has 0 fully saturated rings. The fourth-order valence-electron chi connectivity index (χ4n) is 3.02. The van der Waals surface area contributed by atoms with E-state index in [9.17, 15) is 13.6 Å². The molecule has 10 heteroatoms. The second-order valence-corrected chi connectivity index (χ2v) is 7.17. The molecule has 0 spiro atoms. The lowest BCUT2D eigenvalue weighted by Gasteiger charge is -2.28. The summed E-state index contributed by atoms with van der Waals surface area (Å²) >= 11 is 0. The fourth-order valence-corrected chi connectivity index (χ4v) is 3.02. The maximum atomic E-state index is 13.7. The summed E-state index contributed by atoms with van der Waals surface area (Å²) in [5, 5.41) is 6.43. The van der Waals surface area contributed by atoms with E-state index in [2.05, 4.69) is 15.6 Å². The molecule has 1 aliphatic rings. The van der Waals surface area contributed by atoms with E-state index in [4.69, 9.17) is 9.47 Å². The Morgan fingerprint density at radius 3 is 2.78 bits per heavy atom. The molecule has 0 bridgehead atoms. The summed E-state index contributed by atoms with van der Waals surface area (Å²) in [6.45, 7) is 0.950. The van der Waals surface area contributed by atoms with Crippen LogP contribution in [0.3, 0.4) is 0 Å². The molecule has 1 aliphatic heterocycles. The largest absolute Gasteiger partial charge is 0.493 e. The van der Waals surface area contributed by atoms with Crippen molar-refractivity contribution in [1.29, 1.82) is 0 Å². The molecule has 0 saturated carbocycles. The number of nitrogens with zero attached hydrogens (tertiary/aromatic N) is 2. The van der Waals surface area contributed by atoms with Gasteiger partial charge in [0.1, 0.15) is 24.7 Å². The summed E-state index contributed by atoms with van der Waals surface area (Å²) in [7, 11) is 3.33. The Kier molecular flexibility index (Phi) is 9.95. The van der Waals surface area contributed by atoms with Gasteiger partial charge in [0, 0.05) is 32.1 Å². The molecule has 2 N–H and O–H groups in total. The molecule has 3 rings (SSSR count). The molecule has 0 aliphatic carbocycles. The number of nitrogens with one attached hydrogen (secondary N) is 2. The van der Waals surface area contributed by atoms with Crippen molar-refractivity contribution >= 4 is 35.8 Å². The quantitative estimate of drug-likeness (QED) is 0.236. The van der Waals surface area contributed by atoms with Crippen LogP contribution in [-0.2, 0) is 4.79 Å². The SMILES string of the molecule is CN(C)C(=O)CN=C(NCCOc1ccc(F)cc1F)NC1CCOc2ccccc21.I. The molecule has 0 saturated heterocycles. The minimum absolute atomic E-state index is 0. The van der Waals surface area contributed by atoms with Crippen molar-refractivity contribution in [2.24, 2.45) is 4.99 Å². The number of para-hydroxylation sites is 1. The zero-order valence-electron chi connectivity index (χ0n) is 17.9. The lowest BCUT2D eigenvalue weighted by Crippen LogP contribution is -2.43. The molecule has 0 radical (unpaired) electrons. The third-order valence-corrected chi connectivity index (χ3v) is 4.69. The van der Waals surface area contributed by atoms with Crippen LogP contribution in [0, 0.1) is 11.6 Å². The molecule has 7 nitrogen and oxygen atoms in total. The lowest BCUT2D eigenvalue weighted by atomic mass is 10.0. The Balaban J connectivity index is 0.00000363. The normalized spacial score (nSPS) is 15.0. The van der Waals surface area contributed by atoms with Crippen LogP contribution in [0.15, 0.2) is 47.5 Å². The van der Waals surface area contributed by atoms with Crippen molar-refractivity contribution < 1.29 is 23.0 Å². The van der Waals surface area contributed by atoms with Gasteiger partial charge >= 0.3 is 0 Å². The predicted octanol–water partition coefficient (Wildman–Crippen LogP) is 3.11. The average molecular weight is 560 g/mol. The van der Waals surface area contributed by atoms with Crippen molar-refractivity contribution in [1.82, 2.24) is 15.5 Å². The van der Waals surface area contributed by atoms with E-state index in [1.165, 1.54) is 11.0 Å².